The zero-order valence-corrected chi connectivity index (χ0v) is 19.7. The second-order valence-corrected chi connectivity index (χ2v) is 10.8. The van der Waals surface area contributed by atoms with Gasteiger partial charge < -0.3 is 9.47 Å². The van der Waals surface area contributed by atoms with Crippen molar-refractivity contribution in [3.8, 4) is 5.75 Å². The number of hydrogen-bond acceptors (Lipinski definition) is 7. The van der Waals surface area contributed by atoms with E-state index in [9.17, 15) is 13.2 Å². The van der Waals surface area contributed by atoms with Crippen molar-refractivity contribution in [2.24, 2.45) is 0 Å². The molecule has 32 heavy (non-hydrogen) atoms. The van der Waals surface area contributed by atoms with E-state index in [4.69, 9.17) is 14.5 Å². The van der Waals surface area contributed by atoms with E-state index in [1.54, 1.807) is 24.0 Å². The summed E-state index contributed by atoms with van der Waals surface area (Å²) < 4.78 is 37.1. The smallest absolute Gasteiger partial charge is 0.260 e. The van der Waals surface area contributed by atoms with Crippen LogP contribution in [0.5, 0.6) is 5.75 Å². The van der Waals surface area contributed by atoms with E-state index in [2.05, 4.69) is 0 Å². The molecule has 3 aromatic rings. The number of amides is 1. The molecule has 1 amide bonds. The summed E-state index contributed by atoms with van der Waals surface area (Å²) in [6.45, 7) is 5.04. The summed E-state index contributed by atoms with van der Waals surface area (Å²) in [6, 6.07) is 11.9. The van der Waals surface area contributed by atoms with E-state index in [0.29, 0.717) is 41.7 Å². The Kier molecular flexibility index (Phi) is 6.78. The van der Waals surface area contributed by atoms with Crippen molar-refractivity contribution in [3.05, 3.63) is 48.0 Å². The molecule has 1 aliphatic heterocycles. The number of sulfone groups is 1. The molecule has 0 bridgehead atoms. The normalized spacial score (nSPS) is 16.4. The highest BCUT2D eigenvalue weighted by atomic mass is 32.2. The molecule has 2 aromatic carbocycles. The highest BCUT2D eigenvalue weighted by Gasteiger charge is 2.28. The van der Waals surface area contributed by atoms with Gasteiger partial charge in [-0.15, -0.1) is 0 Å². The molecule has 9 heteroatoms. The molecule has 0 aliphatic carbocycles. The number of anilines is 1. The van der Waals surface area contributed by atoms with Gasteiger partial charge in [0.15, 0.2) is 15.0 Å². The standard InChI is InChI=1S/C23H26N2O5S2/c1-3-29-19-11-6-12-20-21(19)24-23(31-20)25(15-17-9-7-13-30-17)22(26)16-8-5-10-18(14-16)32(27,28)4-2/h5-6,8,10-12,14,17H,3-4,7,9,13,15H2,1-2H3. The van der Waals surface area contributed by atoms with E-state index in [1.165, 1.54) is 23.5 Å². The van der Waals surface area contributed by atoms with Gasteiger partial charge in [0.25, 0.3) is 5.91 Å². The molecule has 1 fully saturated rings. The van der Waals surface area contributed by atoms with Crippen molar-refractivity contribution in [2.45, 2.75) is 37.7 Å². The van der Waals surface area contributed by atoms with Crippen LogP contribution in [0.1, 0.15) is 37.0 Å². The number of benzene rings is 2. The van der Waals surface area contributed by atoms with Gasteiger partial charge in [0.1, 0.15) is 11.3 Å². The van der Waals surface area contributed by atoms with Crippen molar-refractivity contribution in [1.82, 2.24) is 4.98 Å². The first-order valence-electron chi connectivity index (χ1n) is 10.7. The molecule has 170 valence electrons. The summed E-state index contributed by atoms with van der Waals surface area (Å²) in [4.78, 5) is 20.1. The Bertz CT molecular complexity index is 1220. The number of rotatable bonds is 8. The van der Waals surface area contributed by atoms with Gasteiger partial charge in [-0.1, -0.05) is 30.4 Å². The molecular weight excluding hydrogens is 448 g/mol. The molecule has 1 unspecified atom stereocenters. The number of nitrogens with zero attached hydrogens (tertiary/aromatic N) is 2. The van der Waals surface area contributed by atoms with Gasteiger partial charge in [0.2, 0.25) is 0 Å². The average molecular weight is 475 g/mol. The van der Waals surface area contributed by atoms with Crippen molar-refractivity contribution >= 4 is 42.4 Å². The first-order valence-corrected chi connectivity index (χ1v) is 13.2. The molecular formula is C23H26N2O5S2. The van der Waals surface area contributed by atoms with Gasteiger partial charge in [-0.2, -0.15) is 0 Å². The van der Waals surface area contributed by atoms with Crippen LogP contribution in [0.3, 0.4) is 0 Å². The number of carbonyl (C=O) groups excluding carboxylic acids is 1. The molecule has 4 rings (SSSR count). The van der Waals surface area contributed by atoms with Crippen molar-refractivity contribution in [2.75, 3.05) is 30.4 Å². The number of aromatic nitrogens is 1. The minimum atomic E-state index is -3.42. The largest absolute Gasteiger partial charge is 0.492 e. The van der Waals surface area contributed by atoms with Crippen LogP contribution in [0.15, 0.2) is 47.4 Å². The third-order valence-electron chi connectivity index (χ3n) is 5.38. The number of ether oxygens (including phenoxy) is 2. The predicted molar refractivity (Wildman–Crippen MR) is 126 cm³/mol. The van der Waals surface area contributed by atoms with Gasteiger partial charge in [-0.05, 0) is 50.1 Å². The Balaban J connectivity index is 1.74. The minimum absolute atomic E-state index is 0.0254. The maximum absolute atomic E-state index is 13.6. The lowest BCUT2D eigenvalue weighted by Crippen LogP contribution is -2.37. The number of hydrogen-bond donors (Lipinski definition) is 0. The lowest BCUT2D eigenvalue weighted by atomic mass is 10.2. The molecule has 0 N–H and O–H groups in total. The van der Waals surface area contributed by atoms with Gasteiger partial charge >= 0.3 is 0 Å². The lowest BCUT2D eigenvalue weighted by Gasteiger charge is -2.23. The summed E-state index contributed by atoms with van der Waals surface area (Å²) in [5.41, 5.74) is 1.02. The molecule has 2 heterocycles. The van der Waals surface area contributed by atoms with Gasteiger partial charge in [-0.25, -0.2) is 13.4 Å². The lowest BCUT2D eigenvalue weighted by molar-refractivity contribution is 0.0917. The SMILES string of the molecule is CCOc1cccc2sc(N(CC3CCCO3)C(=O)c3cccc(S(=O)(=O)CC)c3)nc12. The molecule has 0 saturated carbocycles. The maximum atomic E-state index is 13.6. The van der Waals surface area contributed by atoms with E-state index < -0.39 is 9.84 Å². The second-order valence-electron chi connectivity index (χ2n) is 7.51. The van der Waals surface area contributed by atoms with Crippen LogP contribution in [-0.4, -0.2) is 50.9 Å². The highest BCUT2D eigenvalue weighted by Crippen LogP contribution is 2.35. The van der Waals surface area contributed by atoms with E-state index >= 15 is 0 Å². The Morgan fingerprint density at radius 3 is 2.78 bits per heavy atom. The van der Waals surface area contributed by atoms with Crippen molar-refractivity contribution in [1.29, 1.82) is 0 Å². The fourth-order valence-electron chi connectivity index (χ4n) is 3.68. The monoisotopic (exact) mass is 474 g/mol. The molecule has 1 aromatic heterocycles. The van der Waals surface area contributed by atoms with Crippen LogP contribution in [0.4, 0.5) is 5.13 Å². The molecule has 1 atom stereocenters. The van der Waals surface area contributed by atoms with E-state index in [-0.39, 0.29) is 22.7 Å². The molecule has 1 saturated heterocycles. The molecule has 0 radical (unpaired) electrons. The van der Waals surface area contributed by atoms with Crippen molar-refractivity contribution < 1.29 is 22.7 Å². The summed E-state index contributed by atoms with van der Waals surface area (Å²) in [5.74, 6) is 0.348. The maximum Gasteiger partial charge on any atom is 0.260 e. The zero-order valence-electron chi connectivity index (χ0n) is 18.1. The summed E-state index contributed by atoms with van der Waals surface area (Å²) in [6.07, 6.45) is 1.73. The number of para-hydroxylation sites is 1. The zero-order chi connectivity index (χ0) is 22.7. The molecule has 7 nitrogen and oxygen atoms in total. The fraction of sp³-hybridized carbons (Fsp3) is 0.391. The third-order valence-corrected chi connectivity index (χ3v) is 8.15. The van der Waals surface area contributed by atoms with Gasteiger partial charge in [0.05, 0.1) is 34.6 Å². The van der Waals surface area contributed by atoms with Crippen LogP contribution < -0.4 is 9.64 Å². The summed E-state index contributed by atoms with van der Waals surface area (Å²) >= 11 is 1.41. The quantitative estimate of drug-likeness (QED) is 0.483. The first-order chi connectivity index (χ1) is 15.4. The highest BCUT2D eigenvalue weighted by molar-refractivity contribution is 7.91. The Morgan fingerprint density at radius 2 is 2.06 bits per heavy atom. The van der Waals surface area contributed by atoms with Crippen LogP contribution >= 0.6 is 11.3 Å². The number of fused-ring (bicyclic) bond motifs is 1. The summed E-state index contributed by atoms with van der Waals surface area (Å²) in [7, 11) is -3.42. The van der Waals surface area contributed by atoms with Crippen molar-refractivity contribution in [3.63, 3.8) is 0 Å². The van der Waals surface area contributed by atoms with E-state index in [0.717, 1.165) is 17.5 Å². The average Bonchev–Trinajstić information content (AvgIpc) is 3.47. The first kappa shape index (κ1) is 22.7. The minimum Gasteiger partial charge on any atom is -0.492 e. The second kappa shape index (κ2) is 9.56. The van der Waals surface area contributed by atoms with Crippen LogP contribution in [0.25, 0.3) is 10.2 Å². The Hall–Kier alpha value is -2.49. The summed E-state index contributed by atoms with van der Waals surface area (Å²) in [5, 5.41) is 0.538. The topological polar surface area (TPSA) is 85.8 Å². The van der Waals surface area contributed by atoms with Gasteiger partial charge in [0, 0.05) is 12.2 Å². The molecule has 0 spiro atoms. The van der Waals surface area contributed by atoms with Crippen LogP contribution in [0, 0.1) is 0 Å². The van der Waals surface area contributed by atoms with Crippen LogP contribution in [0.2, 0.25) is 0 Å². The molecule has 1 aliphatic rings. The Morgan fingerprint density at radius 1 is 1.25 bits per heavy atom. The van der Waals surface area contributed by atoms with E-state index in [1.807, 2.05) is 25.1 Å². The van der Waals surface area contributed by atoms with Crippen LogP contribution in [-0.2, 0) is 14.6 Å². The van der Waals surface area contributed by atoms with Gasteiger partial charge in [-0.3, -0.25) is 9.69 Å². The predicted octanol–water partition coefficient (Wildman–Crippen LogP) is 4.31. The Labute approximate surface area is 191 Å². The number of thiazole rings is 1. The third kappa shape index (κ3) is 4.65. The number of carbonyl (C=O) groups is 1. The fourth-order valence-corrected chi connectivity index (χ4v) is 5.60.